The van der Waals surface area contributed by atoms with Gasteiger partial charge in [0.25, 0.3) is 0 Å². The summed E-state index contributed by atoms with van der Waals surface area (Å²) in [6.07, 6.45) is 5.31. The lowest BCUT2D eigenvalue weighted by Crippen LogP contribution is -2.53. The topological polar surface area (TPSA) is 32.3 Å². The number of carbonyl (C=O) groups excluding carboxylic acids is 1. The van der Waals surface area contributed by atoms with E-state index in [1.54, 1.807) is 0 Å². The van der Waals surface area contributed by atoms with E-state index in [9.17, 15) is 4.79 Å². The van der Waals surface area contributed by atoms with Gasteiger partial charge in [-0.2, -0.15) is 0 Å². The number of hydrogen-bond acceptors (Lipinski definition) is 2. The Morgan fingerprint density at radius 3 is 2.47 bits per heavy atom. The van der Waals surface area contributed by atoms with Gasteiger partial charge >= 0.3 is 0 Å². The lowest BCUT2D eigenvalue weighted by molar-refractivity contribution is -0.136. The molecule has 3 rings (SSSR count). The Balaban J connectivity index is 0.00000108. The molecule has 3 fully saturated rings. The standard InChI is InChI=1S/C13H22N2O.ClH/c1-9-8-14-6-7-15(9)13(16)12-10-4-2-3-5-11(10)12;/h9-12,14H,2-8H2,1H3;1H. The zero-order chi connectivity index (χ0) is 11.1. The first-order valence-corrected chi connectivity index (χ1v) is 6.80. The van der Waals surface area contributed by atoms with Crippen molar-refractivity contribution in [2.24, 2.45) is 17.8 Å². The molecule has 4 heteroatoms. The molecule has 0 aromatic rings. The fourth-order valence-electron chi connectivity index (χ4n) is 3.72. The molecule has 0 radical (unpaired) electrons. The summed E-state index contributed by atoms with van der Waals surface area (Å²) in [4.78, 5) is 14.6. The molecule has 3 unspecified atom stereocenters. The number of halogens is 1. The Labute approximate surface area is 110 Å². The number of piperazine rings is 1. The second-order valence-corrected chi connectivity index (χ2v) is 5.72. The third kappa shape index (κ3) is 2.32. The number of nitrogens with zero attached hydrogens (tertiary/aromatic N) is 1. The van der Waals surface area contributed by atoms with Gasteiger partial charge in [0.2, 0.25) is 5.91 Å². The smallest absolute Gasteiger partial charge is 0.226 e. The van der Waals surface area contributed by atoms with Gasteiger partial charge in [0.1, 0.15) is 0 Å². The van der Waals surface area contributed by atoms with Crippen molar-refractivity contribution in [1.29, 1.82) is 0 Å². The van der Waals surface area contributed by atoms with E-state index in [1.807, 2.05) is 0 Å². The molecule has 1 aliphatic heterocycles. The van der Waals surface area contributed by atoms with Gasteiger partial charge in [0.05, 0.1) is 0 Å². The second kappa shape index (κ2) is 5.15. The van der Waals surface area contributed by atoms with Crippen molar-refractivity contribution in [2.45, 2.75) is 38.6 Å². The molecule has 3 aliphatic rings. The van der Waals surface area contributed by atoms with E-state index >= 15 is 0 Å². The maximum Gasteiger partial charge on any atom is 0.226 e. The molecule has 1 N–H and O–H groups in total. The number of hydrogen-bond donors (Lipinski definition) is 1. The largest absolute Gasteiger partial charge is 0.337 e. The Hall–Kier alpha value is -0.280. The maximum atomic E-state index is 12.4. The van der Waals surface area contributed by atoms with Crippen molar-refractivity contribution >= 4 is 18.3 Å². The quantitative estimate of drug-likeness (QED) is 0.776. The molecule has 98 valence electrons. The van der Waals surface area contributed by atoms with Crippen LogP contribution in [0.3, 0.4) is 0 Å². The number of amides is 1. The van der Waals surface area contributed by atoms with E-state index in [-0.39, 0.29) is 12.4 Å². The normalized spacial score (nSPS) is 40.2. The van der Waals surface area contributed by atoms with Gasteiger partial charge in [0, 0.05) is 31.6 Å². The van der Waals surface area contributed by atoms with Crippen LogP contribution in [0, 0.1) is 17.8 Å². The molecule has 0 aromatic carbocycles. The highest BCUT2D eigenvalue weighted by molar-refractivity contribution is 5.85. The van der Waals surface area contributed by atoms with Crippen molar-refractivity contribution in [3.05, 3.63) is 0 Å². The molecular weight excluding hydrogens is 236 g/mol. The van der Waals surface area contributed by atoms with E-state index in [1.165, 1.54) is 25.7 Å². The lowest BCUT2D eigenvalue weighted by Gasteiger charge is -2.34. The van der Waals surface area contributed by atoms with Crippen LogP contribution in [-0.2, 0) is 4.79 Å². The van der Waals surface area contributed by atoms with Gasteiger partial charge in [-0.15, -0.1) is 12.4 Å². The van der Waals surface area contributed by atoms with E-state index in [0.717, 1.165) is 31.5 Å². The average molecular weight is 259 g/mol. The van der Waals surface area contributed by atoms with Crippen LogP contribution >= 0.6 is 12.4 Å². The van der Waals surface area contributed by atoms with E-state index in [0.29, 0.717) is 17.9 Å². The van der Waals surface area contributed by atoms with Gasteiger partial charge in [-0.3, -0.25) is 4.79 Å². The summed E-state index contributed by atoms with van der Waals surface area (Å²) in [7, 11) is 0. The van der Waals surface area contributed by atoms with Crippen LogP contribution in [0.5, 0.6) is 0 Å². The van der Waals surface area contributed by atoms with Crippen LogP contribution in [-0.4, -0.2) is 36.5 Å². The molecule has 1 heterocycles. The number of fused-ring (bicyclic) bond motifs is 1. The van der Waals surface area contributed by atoms with Crippen LogP contribution in [0.4, 0.5) is 0 Å². The zero-order valence-electron chi connectivity index (χ0n) is 10.5. The van der Waals surface area contributed by atoms with Crippen LogP contribution in [0.2, 0.25) is 0 Å². The molecule has 1 amide bonds. The molecule has 0 bridgehead atoms. The summed E-state index contributed by atoms with van der Waals surface area (Å²) >= 11 is 0. The molecule has 2 saturated carbocycles. The fourth-order valence-corrected chi connectivity index (χ4v) is 3.72. The van der Waals surface area contributed by atoms with Crippen molar-refractivity contribution in [2.75, 3.05) is 19.6 Å². The highest BCUT2D eigenvalue weighted by Gasteiger charge is 2.56. The monoisotopic (exact) mass is 258 g/mol. The first-order valence-electron chi connectivity index (χ1n) is 6.80. The van der Waals surface area contributed by atoms with Gasteiger partial charge < -0.3 is 10.2 Å². The Morgan fingerprint density at radius 1 is 1.24 bits per heavy atom. The van der Waals surface area contributed by atoms with Crippen molar-refractivity contribution in [1.82, 2.24) is 10.2 Å². The first kappa shape index (κ1) is 13.2. The van der Waals surface area contributed by atoms with Crippen molar-refractivity contribution < 1.29 is 4.79 Å². The summed E-state index contributed by atoms with van der Waals surface area (Å²) in [6, 6.07) is 0.393. The number of nitrogens with one attached hydrogen (secondary N) is 1. The molecule has 1 saturated heterocycles. The molecule has 3 nitrogen and oxygen atoms in total. The van der Waals surface area contributed by atoms with Gasteiger partial charge in [-0.05, 0) is 31.6 Å². The third-order valence-corrected chi connectivity index (χ3v) is 4.73. The second-order valence-electron chi connectivity index (χ2n) is 5.72. The minimum Gasteiger partial charge on any atom is -0.337 e. The predicted molar refractivity (Wildman–Crippen MR) is 70.2 cm³/mol. The highest BCUT2D eigenvalue weighted by atomic mass is 35.5. The van der Waals surface area contributed by atoms with Gasteiger partial charge in [-0.25, -0.2) is 0 Å². The Bertz CT molecular complexity index is 285. The molecular formula is C13H23ClN2O. The lowest BCUT2D eigenvalue weighted by atomic mass is 10.0. The van der Waals surface area contributed by atoms with Crippen molar-refractivity contribution in [3.8, 4) is 0 Å². The molecule has 3 atom stereocenters. The first-order chi connectivity index (χ1) is 7.79. The molecule has 17 heavy (non-hydrogen) atoms. The van der Waals surface area contributed by atoms with Crippen LogP contribution in [0.1, 0.15) is 32.6 Å². The van der Waals surface area contributed by atoms with Crippen LogP contribution in [0.25, 0.3) is 0 Å². The van der Waals surface area contributed by atoms with Crippen LogP contribution < -0.4 is 5.32 Å². The van der Waals surface area contributed by atoms with E-state index < -0.39 is 0 Å². The fraction of sp³-hybridized carbons (Fsp3) is 0.923. The average Bonchev–Trinajstić information content (AvgIpc) is 3.03. The van der Waals surface area contributed by atoms with Crippen molar-refractivity contribution in [3.63, 3.8) is 0 Å². The summed E-state index contributed by atoms with van der Waals surface area (Å²) in [5.41, 5.74) is 0. The van der Waals surface area contributed by atoms with Gasteiger partial charge in [-0.1, -0.05) is 12.8 Å². The number of rotatable bonds is 1. The molecule has 2 aliphatic carbocycles. The summed E-state index contributed by atoms with van der Waals surface area (Å²) in [5, 5.41) is 3.35. The minimum atomic E-state index is 0. The minimum absolute atomic E-state index is 0. The number of carbonyl (C=O) groups is 1. The Morgan fingerprint density at radius 2 is 1.88 bits per heavy atom. The van der Waals surface area contributed by atoms with E-state index in [4.69, 9.17) is 0 Å². The Kier molecular flexibility index (Phi) is 3.99. The van der Waals surface area contributed by atoms with E-state index in [2.05, 4.69) is 17.1 Å². The summed E-state index contributed by atoms with van der Waals surface area (Å²) in [5.74, 6) is 2.38. The van der Waals surface area contributed by atoms with Crippen LogP contribution in [0.15, 0.2) is 0 Å². The highest BCUT2D eigenvalue weighted by Crippen LogP contribution is 2.56. The predicted octanol–water partition coefficient (Wildman–Crippen LogP) is 1.66. The SMILES string of the molecule is CC1CNCCN1C(=O)C1C2CCCCC21.Cl. The maximum absolute atomic E-state index is 12.4. The zero-order valence-corrected chi connectivity index (χ0v) is 11.3. The molecule has 0 aromatic heterocycles. The third-order valence-electron chi connectivity index (χ3n) is 4.73. The molecule has 0 spiro atoms. The summed E-state index contributed by atoms with van der Waals surface area (Å²) < 4.78 is 0. The summed E-state index contributed by atoms with van der Waals surface area (Å²) in [6.45, 7) is 5.01. The van der Waals surface area contributed by atoms with Gasteiger partial charge in [0.15, 0.2) is 0 Å².